The molecule has 18 heavy (non-hydrogen) atoms. The van der Waals surface area contributed by atoms with Gasteiger partial charge in [0, 0.05) is 11.6 Å². The molecule has 0 bridgehead atoms. The van der Waals surface area contributed by atoms with Gasteiger partial charge >= 0.3 is 0 Å². The molecule has 0 unspecified atom stereocenters. The van der Waals surface area contributed by atoms with E-state index in [1.54, 1.807) is 0 Å². The predicted octanol–water partition coefficient (Wildman–Crippen LogP) is 3.26. The lowest BCUT2D eigenvalue weighted by Crippen LogP contribution is -1.94. The molecule has 0 aliphatic heterocycles. The van der Waals surface area contributed by atoms with E-state index in [2.05, 4.69) is 15.2 Å². The van der Waals surface area contributed by atoms with Gasteiger partial charge in [-0.25, -0.2) is 0 Å². The fourth-order valence-corrected chi connectivity index (χ4v) is 3.40. The van der Waals surface area contributed by atoms with Gasteiger partial charge in [-0.2, -0.15) is 0 Å². The summed E-state index contributed by atoms with van der Waals surface area (Å²) in [6, 6.07) is 7.63. The smallest absolute Gasteiger partial charge is 0.228 e. The van der Waals surface area contributed by atoms with E-state index in [1.165, 1.54) is 11.3 Å². The molecule has 2 aromatic heterocycles. The number of aromatic amines is 1. The number of fused-ring (bicyclic) bond motifs is 1. The van der Waals surface area contributed by atoms with E-state index in [1.807, 2.05) is 37.4 Å². The minimum absolute atomic E-state index is 0.0146. The molecular formula is C12H9N3OS2. The van der Waals surface area contributed by atoms with Crippen LogP contribution >= 0.6 is 23.1 Å². The van der Waals surface area contributed by atoms with Gasteiger partial charge in [-0.1, -0.05) is 23.5 Å². The Morgan fingerprint density at radius 3 is 3.00 bits per heavy atom. The summed E-state index contributed by atoms with van der Waals surface area (Å²) >= 11 is 2.55. The van der Waals surface area contributed by atoms with Gasteiger partial charge in [-0.3, -0.25) is 4.79 Å². The van der Waals surface area contributed by atoms with Crippen molar-refractivity contribution < 1.29 is 4.79 Å². The average Bonchev–Trinajstić information content (AvgIpc) is 2.97. The molecule has 0 saturated carbocycles. The molecule has 0 atom stereocenters. The van der Waals surface area contributed by atoms with Crippen LogP contribution < -0.4 is 0 Å². The first kappa shape index (κ1) is 11.4. The molecule has 4 nitrogen and oxygen atoms in total. The van der Waals surface area contributed by atoms with Crippen LogP contribution in [0, 0.1) is 6.92 Å². The Labute approximate surface area is 111 Å². The van der Waals surface area contributed by atoms with Crippen molar-refractivity contribution in [2.24, 2.45) is 0 Å². The molecular weight excluding hydrogens is 266 g/mol. The Bertz CT molecular complexity index is 717. The van der Waals surface area contributed by atoms with Gasteiger partial charge in [-0.15, -0.1) is 10.2 Å². The number of nitrogens with zero attached hydrogens (tertiary/aromatic N) is 2. The number of H-pyrrole nitrogens is 1. The fraction of sp³-hybridized carbons (Fsp3) is 0.0833. The summed E-state index contributed by atoms with van der Waals surface area (Å²) in [5.74, 6) is 0. The minimum Gasteiger partial charge on any atom is -0.361 e. The largest absolute Gasteiger partial charge is 0.361 e. The van der Waals surface area contributed by atoms with Gasteiger partial charge in [0.15, 0.2) is 4.34 Å². The maximum absolute atomic E-state index is 12.2. The number of hydrogen-bond donors (Lipinski definition) is 1. The maximum Gasteiger partial charge on any atom is 0.228 e. The number of aromatic nitrogens is 3. The molecule has 1 N–H and O–H groups in total. The zero-order valence-electron chi connectivity index (χ0n) is 9.51. The lowest BCUT2D eigenvalue weighted by atomic mass is 10.2. The third-order valence-corrected chi connectivity index (χ3v) is 4.29. The summed E-state index contributed by atoms with van der Waals surface area (Å²) in [5.41, 5.74) is 1.55. The third kappa shape index (κ3) is 2.04. The van der Waals surface area contributed by atoms with Crippen molar-refractivity contribution in [1.29, 1.82) is 0 Å². The minimum atomic E-state index is -0.0146. The van der Waals surface area contributed by atoms with E-state index >= 15 is 0 Å². The van der Waals surface area contributed by atoms with Crippen LogP contribution in [-0.4, -0.2) is 20.3 Å². The highest BCUT2D eigenvalue weighted by molar-refractivity contribution is 8.15. The number of rotatable bonds is 2. The van der Waals surface area contributed by atoms with E-state index < -0.39 is 0 Å². The van der Waals surface area contributed by atoms with Gasteiger partial charge in [0.1, 0.15) is 5.01 Å². The first-order valence-electron chi connectivity index (χ1n) is 5.32. The Morgan fingerprint density at radius 2 is 2.22 bits per heavy atom. The normalized spacial score (nSPS) is 10.9. The SMILES string of the molecule is Cc1nnc(SC(=O)c2cccc3cc[nH]c23)s1. The fourth-order valence-electron chi connectivity index (χ4n) is 1.71. The second kappa shape index (κ2) is 4.55. The van der Waals surface area contributed by atoms with Crippen LogP contribution in [0.5, 0.6) is 0 Å². The topological polar surface area (TPSA) is 58.6 Å². The van der Waals surface area contributed by atoms with Crippen molar-refractivity contribution in [3.63, 3.8) is 0 Å². The molecule has 6 heteroatoms. The van der Waals surface area contributed by atoms with Crippen molar-refractivity contribution in [1.82, 2.24) is 15.2 Å². The number of carbonyl (C=O) groups excluding carboxylic acids is 1. The first-order chi connectivity index (χ1) is 8.74. The van der Waals surface area contributed by atoms with Crippen LogP contribution in [0.2, 0.25) is 0 Å². The summed E-state index contributed by atoms with van der Waals surface area (Å²) in [4.78, 5) is 15.3. The van der Waals surface area contributed by atoms with Gasteiger partial charge in [0.25, 0.3) is 0 Å². The van der Waals surface area contributed by atoms with Crippen LogP contribution in [0.4, 0.5) is 0 Å². The summed E-state index contributed by atoms with van der Waals surface area (Å²) < 4.78 is 0.682. The molecule has 0 aliphatic rings. The van der Waals surface area contributed by atoms with Crippen LogP contribution in [0.15, 0.2) is 34.8 Å². The predicted molar refractivity (Wildman–Crippen MR) is 73.1 cm³/mol. The summed E-state index contributed by atoms with van der Waals surface area (Å²) in [5, 5.41) is 9.74. The Hall–Kier alpha value is -1.66. The summed E-state index contributed by atoms with van der Waals surface area (Å²) in [7, 11) is 0. The van der Waals surface area contributed by atoms with Crippen LogP contribution in [-0.2, 0) is 0 Å². The van der Waals surface area contributed by atoms with Crippen molar-refractivity contribution in [2.75, 3.05) is 0 Å². The molecule has 0 amide bonds. The highest BCUT2D eigenvalue weighted by atomic mass is 32.2. The molecule has 90 valence electrons. The Kier molecular flexibility index (Phi) is 2.89. The molecule has 1 aromatic carbocycles. The molecule has 3 aromatic rings. The van der Waals surface area contributed by atoms with E-state index in [0.29, 0.717) is 9.90 Å². The van der Waals surface area contributed by atoms with Gasteiger partial charge < -0.3 is 4.98 Å². The van der Waals surface area contributed by atoms with Crippen LogP contribution in [0.1, 0.15) is 15.4 Å². The van der Waals surface area contributed by atoms with Gasteiger partial charge in [-0.05, 0) is 30.8 Å². The van der Waals surface area contributed by atoms with Crippen molar-refractivity contribution in [2.45, 2.75) is 11.3 Å². The lowest BCUT2D eigenvalue weighted by Gasteiger charge is -1.99. The van der Waals surface area contributed by atoms with E-state index in [4.69, 9.17) is 0 Å². The second-order valence-corrected chi connectivity index (χ2v) is 6.13. The Morgan fingerprint density at radius 1 is 1.33 bits per heavy atom. The number of aryl methyl sites for hydroxylation is 1. The molecule has 0 radical (unpaired) electrons. The van der Waals surface area contributed by atoms with Crippen LogP contribution in [0.3, 0.4) is 0 Å². The van der Waals surface area contributed by atoms with Crippen molar-refractivity contribution >= 4 is 39.1 Å². The molecule has 3 rings (SSSR count). The molecule has 2 heterocycles. The lowest BCUT2D eigenvalue weighted by molar-refractivity contribution is 0.109. The van der Waals surface area contributed by atoms with E-state index in [0.717, 1.165) is 27.7 Å². The van der Waals surface area contributed by atoms with Crippen LogP contribution in [0.25, 0.3) is 10.9 Å². The Balaban J connectivity index is 1.94. The molecule has 0 fully saturated rings. The monoisotopic (exact) mass is 275 g/mol. The maximum atomic E-state index is 12.2. The van der Waals surface area contributed by atoms with Gasteiger partial charge in [0.05, 0.1) is 11.1 Å². The average molecular weight is 275 g/mol. The van der Waals surface area contributed by atoms with E-state index in [9.17, 15) is 4.79 Å². The first-order valence-corrected chi connectivity index (χ1v) is 6.96. The number of thioether (sulfide) groups is 1. The quantitative estimate of drug-likeness (QED) is 0.729. The van der Waals surface area contributed by atoms with Gasteiger partial charge in [0.2, 0.25) is 5.12 Å². The summed E-state index contributed by atoms with van der Waals surface area (Å²) in [6.45, 7) is 1.87. The number of para-hydroxylation sites is 1. The second-order valence-electron chi connectivity index (χ2n) is 3.72. The number of nitrogens with one attached hydrogen (secondary N) is 1. The van der Waals surface area contributed by atoms with Crippen molar-refractivity contribution in [3.8, 4) is 0 Å². The zero-order chi connectivity index (χ0) is 12.5. The number of carbonyl (C=O) groups is 1. The third-order valence-electron chi connectivity index (χ3n) is 2.49. The highest BCUT2D eigenvalue weighted by Gasteiger charge is 2.14. The number of hydrogen-bond acceptors (Lipinski definition) is 5. The molecule has 0 spiro atoms. The highest BCUT2D eigenvalue weighted by Crippen LogP contribution is 2.28. The molecule has 0 saturated heterocycles. The summed E-state index contributed by atoms with van der Waals surface area (Å²) in [6.07, 6.45) is 1.83. The number of benzene rings is 1. The van der Waals surface area contributed by atoms with E-state index in [-0.39, 0.29) is 5.12 Å². The standard InChI is InChI=1S/C12H9N3OS2/c1-7-14-15-12(17-7)18-11(16)9-4-2-3-8-5-6-13-10(8)9/h2-6,13H,1H3. The zero-order valence-corrected chi connectivity index (χ0v) is 11.1. The molecule has 0 aliphatic carbocycles. The van der Waals surface area contributed by atoms with Crippen molar-refractivity contribution in [3.05, 3.63) is 41.0 Å².